The molecular weight excluding hydrogens is 206 g/mol. The minimum absolute atomic E-state index is 0.362. The summed E-state index contributed by atoms with van der Waals surface area (Å²) in [4.78, 5) is 0. The molecule has 1 atom stereocenters. The topological polar surface area (TPSA) is 12.0 Å². The van der Waals surface area contributed by atoms with Crippen LogP contribution >= 0.6 is 0 Å². The number of hydrogen-bond donors (Lipinski definition) is 1. The average molecular weight is 223 g/mol. The zero-order valence-corrected chi connectivity index (χ0v) is 10.1. The third-order valence-electron chi connectivity index (χ3n) is 3.07. The van der Waals surface area contributed by atoms with Crippen molar-refractivity contribution in [2.75, 3.05) is 7.05 Å². The summed E-state index contributed by atoms with van der Waals surface area (Å²) in [6, 6.07) is 15.4. The molecular formula is C16H17N. The van der Waals surface area contributed by atoms with Crippen molar-refractivity contribution in [1.82, 2.24) is 5.32 Å². The van der Waals surface area contributed by atoms with E-state index in [9.17, 15) is 0 Å². The highest BCUT2D eigenvalue weighted by atomic mass is 14.9. The highest BCUT2D eigenvalue weighted by Gasteiger charge is 2.05. The molecule has 2 aromatic rings. The molecule has 2 rings (SSSR count). The van der Waals surface area contributed by atoms with E-state index in [0.717, 1.165) is 12.8 Å². The Bertz CT molecular complexity index is 536. The highest BCUT2D eigenvalue weighted by molar-refractivity contribution is 5.82. The fourth-order valence-corrected chi connectivity index (χ4v) is 2.07. The zero-order chi connectivity index (χ0) is 12.1. The van der Waals surface area contributed by atoms with E-state index in [2.05, 4.69) is 53.7 Å². The van der Waals surface area contributed by atoms with Crippen molar-refractivity contribution >= 4 is 10.8 Å². The Morgan fingerprint density at radius 1 is 1.18 bits per heavy atom. The van der Waals surface area contributed by atoms with Crippen LogP contribution in [0, 0.1) is 12.3 Å². The molecule has 86 valence electrons. The van der Waals surface area contributed by atoms with E-state index in [1.807, 2.05) is 7.05 Å². The van der Waals surface area contributed by atoms with Gasteiger partial charge in [0, 0.05) is 12.5 Å². The first-order chi connectivity index (χ1) is 8.33. The monoisotopic (exact) mass is 223 g/mol. The van der Waals surface area contributed by atoms with Gasteiger partial charge in [-0.1, -0.05) is 42.5 Å². The summed E-state index contributed by atoms with van der Waals surface area (Å²) in [5.74, 6) is 2.71. The molecule has 0 radical (unpaired) electrons. The normalized spacial score (nSPS) is 12.2. The summed E-state index contributed by atoms with van der Waals surface area (Å²) in [6.45, 7) is 0. The first kappa shape index (κ1) is 11.7. The van der Waals surface area contributed by atoms with Gasteiger partial charge < -0.3 is 5.32 Å². The summed E-state index contributed by atoms with van der Waals surface area (Å²) in [7, 11) is 1.96. The van der Waals surface area contributed by atoms with Crippen LogP contribution in [0.3, 0.4) is 0 Å². The van der Waals surface area contributed by atoms with Crippen molar-refractivity contribution in [1.29, 1.82) is 0 Å². The van der Waals surface area contributed by atoms with Crippen LogP contribution < -0.4 is 5.32 Å². The lowest BCUT2D eigenvalue weighted by molar-refractivity contribution is 0.573. The minimum atomic E-state index is 0.362. The maximum absolute atomic E-state index is 5.36. The van der Waals surface area contributed by atoms with Gasteiger partial charge in [-0.15, -0.1) is 12.3 Å². The van der Waals surface area contributed by atoms with E-state index in [4.69, 9.17) is 6.42 Å². The molecule has 0 aliphatic heterocycles. The maximum atomic E-state index is 5.36. The molecule has 0 amide bonds. The first-order valence-electron chi connectivity index (χ1n) is 5.92. The summed E-state index contributed by atoms with van der Waals surface area (Å²) in [5.41, 5.74) is 1.33. The third-order valence-corrected chi connectivity index (χ3v) is 3.07. The molecule has 2 aromatic carbocycles. The van der Waals surface area contributed by atoms with Crippen LogP contribution in [0.5, 0.6) is 0 Å². The van der Waals surface area contributed by atoms with Gasteiger partial charge >= 0.3 is 0 Å². The number of likely N-dealkylation sites (N-methyl/N-ethyl adjacent to an activating group) is 1. The molecule has 0 aliphatic rings. The largest absolute Gasteiger partial charge is 0.316 e. The lowest BCUT2D eigenvalue weighted by Crippen LogP contribution is -2.26. The van der Waals surface area contributed by atoms with E-state index in [1.54, 1.807) is 0 Å². The van der Waals surface area contributed by atoms with Gasteiger partial charge in [0.05, 0.1) is 0 Å². The molecule has 0 saturated carbocycles. The zero-order valence-electron chi connectivity index (χ0n) is 10.1. The van der Waals surface area contributed by atoms with Crippen molar-refractivity contribution in [2.24, 2.45) is 0 Å². The fourth-order valence-electron chi connectivity index (χ4n) is 2.07. The van der Waals surface area contributed by atoms with Gasteiger partial charge in [0.25, 0.3) is 0 Å². The predicted octanol–water partition coefficient (Wildman–Crippen LogP) is 2.99. The molecule has 1 N–H and O–H groups in total. The molecule has 0 aromatic heterocycles. The van der Waals surface area contributed by atoms with Gasteiger partial charge in [-0.25, -0.2) is 0 Å². The molecule has 1 nitrogen and oxygen atoms in total. The Morgan fingerprint density at radius 2 is 1.94 bits per heavy atom. The molecule has 0 fully saturated rings. The fraction of sp³-hybridized carbons (Fsp3) is 0.250. The molecule has 0 spiro atoms. The second-order valence-corrected chi connectivity index (χ2v) is 4.28. The van der Waals surface area contributed by atoms with Crippen LogP contribution in [0.1, 0.15) is 12.0 Å². The highest BCUT2D eigenvalue weighted by Crippen LogP contribution is 2.17. The standard InChI is InChI=1S/C16H17N/c1-3-6-16(17-2)12-13-9-10-14-7-4-5-8-15(14)11-13/h1,4-5,7-11,16-17H,6,12H2,2H3. The van der Waals surface area contributed by atoms with Gasteiger partial charge in [0.1, 0.15) is 0 Å². The minimum Gasteiger partial charge on any atom is -0.316 e. The van der Waals surface area contributed by atoms with E-state index in [-0.39, 0.29) is 0 Å². The number of hydrogen-bond acceptors (Lipinski definition) is 1. The van der Waals surface area contributed by atoms with Crippen molar-refractivity contribution in [3.05, 3.63) is 48.0 Å². The van der Waals surface area contributed by atoms with Crippen molar-refractivity contribution in [3.8, 4) is 12.3 Å². The SMILES string of the molecule is C#CCC(Cc1ccc2ccccc2c1)NC. The van der Waals surface area contributed by atoms with Gasteiger partial charge in [-0.3, -0.25) is 0 Å². The van der Waals surface area contributed by atoms with Crippen LogP contribution in [0.4, 0.5) is 0 Å². The summed E-state index contributed by atoms with van der Waals surface area (Å²) in [5, 5.41) is 5.84. The van der Waals surface area contributed by atoms with E-state index in [0.29, 0.717) is 6.04 Å². The van der Waals surface area contributed by atoms with Gasteiger partial charge in [-0.2, -0.15) is 0 Å². The molecule has 0 heterocycles. The number of terminal acetylenes is 1. The second kappa shape index (κ2) is 5.52. The Balaban J connectivity index is 2.22. The van der Waals surface area contributed by atoms with E-state index in [1.165, 1.54) is 16.3 Å². The quantitative estimate of drug-likeness (QED) is 0.786. The molecule has 1 unspecified atom stereocenters. The van der Waals surface area contributed by atoms with Gasteiger partial charge in [-0.05, 0) is 29.8 Å². The number of benzene rings is 2. The van der Waals surface area contributed by atoms with Crippen LogP contribution in [0.2, 0.25) is 0 Å². The summed E-state index contributed by atoms with van der Waals surface area (Å²) in [6.07, 6.45) is 7.10. The Morgan fingerprint density at radius 3 is 2.65 bits per heavy atom. The summed E-state index contributed by atoms with van der Waals surface area (Å²) >= 11 is 0. The smallest absolute Gasteiger partial charge is 0.0243 e. The molecule has 0 aliphatic carbocycles. The van der Waals surface area contributed by atoms with Crippen LogP contribution in [0.15, 0.2) is 42.5 Å². The van der Waals surface area contributed by atoms with Crippen molar-refractivity contribution in [2.45, 2.75) is 18.9 Å². The van der Waals surface area contributed by atoms with Gasteiger partial charge in [0.15, 0.2) is 0 Å². The van der Waals surface area contributed by atoms with Crippen molar-refractivity contribution < 1.29 is 0 Å². The number of rotatable bonds is 4. The maximum Gasteiger partial charge on any atom is 0.0243 e. The van der Waals surface area contributed by atoms with Crippen LogP contribution in [-0.4, -0.2) is 13.1 Å². The van der Waals surface area contributed by atoms with Gasteiger partial charge in [0.2, 0.25) is 0 Å². The van der Waals surface area contributed by atoms with E-state index >= 15 is 0 Å². The second-order valence-electron chi connectivity index (χ2n) is 4.28. The Labute approximate surface area is 103 Å². The molecule has 17 heavy (non-hydrogen) atoms. The van der Waals surface area contributed by atoms with E-state index < -0.39 is 0 Å². The third kappa shape index (κ3) is 2.87. The Hall–Kier alpha value is -1.78. The average Bonchev–Trinajstić information content (AvgIpc) is 2.38. The number of nitrogens with one attached hydrogen (secondary N) is 1. The molecule has 0 bridgehead atoms. The first-order valence-corrected chi connectivity index (χ1v) is 5.92. The summed E-state index contributed by atoms with van der Waals surface area (Å²) < 4.78 is 0. The van der Waals surface area contributed by atoms with Crippen LogP contribution in [-0.2, 0) is 6.42 Å². The lowest BCUT2D eigenvalue weighted by atomic mass is 10.0. The predicted molar refractivity (Wildman–Crippen MR) is 73.9 cm³/mol. The Kier molecular flexibility index (Phi) is 3.80. The molecule has 1 heteroatoms. The molecule has 0 saturated heterocycles. The van der Waals surface area contributed by atoms with Crippen molar-refractivity contribution in [3.63, 3.8) is 0 Å². The van der Waals surface area contributed by atoms with Crippen LogP contribution in [0.25, 0.3) is 10.8 Å². The number of fused-ring (bicyclic) bond motifs is 1. The lowest BCUT2D eigenvalue weighted by Gasteiger charge is -2.13.